The fourth-order valence-electron chi connectivity index (χ4n) is 2.92. The summed E-state index contributed by atoms with van der Waals surface area (Å²) in [6, 6.07) is 9.56. The van der Waals surface area contributed by atoms with E-state index < -0.39 is 18.5 Å². The van der Waals surface area contributed by atoms with Gasteiger partial charge in [0.1, 0.15) is 0 Å². The number of ether oxygens (including phenoxy) is 1. The smallest absolute Gasteiger partial charge is 0.309 e. The van der Waals surface area contributed by atoms with Crippen LogP contribution in [0.1, 0.15) is 18.4 Å². The fraction of sp³-hybridized carbons (Fsp3) is 0.429. The van der Waals surface area contributed by atoms with E-state index >= 15 is 0 Å². The van der Waals surface area contributed by atoms with Crippen molar-refractivity contribution in [2.75, 3.05) is 40.3 Å². The second kappa shape index (κ2) is 11.0. The van der Waals surface area contributed by atoms with E-state index in [1.807, 2.05) is 30.3 Å². The average Bonchev–Trinajstić information content (AvgIpc) is 2.76. The average molecular weight is 401 g/mol. The van der Waals surface area contributed by atoms with Crippen LogP contribution in [0.4, 0.5) is 0 Å². The van der Waals surface area contributed by atoms with Gasteiger partial charge in [0, 0.05) is 33.3 Å². The van der Waals surface area contributed by atoms with Gasteiger partial charge in [0.2, 0.25) is 11.8 Å². The van der Waals surface area contributed by atoms with Crippen molar-refractivity contribution in [3.8, 4) is 0 Å². The minimum atomic E-state index is -0.446. The van der Waals surface area contributed by atoms with Crippen LogP contribution in [0, 0.1) is 5.92 Å². The molecule has 3 amide bonds. The SMILES string of the molecule is CNC(=O)CN(C)C(=O)COC(=O)C1CCN(C(=O)/C=C/c2ccccc2)CC1. The van der Waals surface area contributed by atoms with Crippen LogP contribution in [0.3, 0.4) is 0 Å². The molecule has 156 valence electrons. The number of likely N-dealkylation sites (tertiary alicyclic amines) is 1. The van der Waals surface area contributed by atoms with Crippen molar-refractivity contribution in [3.63, 3.8) is 0 Å². The molecule has 0 atom stereocenters. The number of piperidine rings is 1. The molecule has 0 unspecified atom stereocenters. The first-order valence-corrected chi connectivity index (χ1v) is 9.54. The molecule has 0 saturated carbocycles. The zero-order valence-electron chi connectivity index (χ0n) is 16.8. The van der Waals surface area contributed by atoms with Crippen LogP contribution in [-0.2, 0) is 23.9 Å². The first-order valence-electron chi connectivity index (χ1n) is 9.54. The molecule has 0 bridgehead atoms. The predicted octanol–water partition coefficient (Wildman–Crippen LogP) is 0.686. The third-order valence-electron chi connectivity index (χ3n) is 4.78. The molecular weight excluding hydrogens is 374 g/mol. The van der Waals surface area contributed by atoms with Gasteiger partial charge in [-0.2, -0.15) is 0 Å². The molecule has 0 radical (unpaired) electrons. The summed E-state index contributed by atoms with van der Waals surface area (Å²) in [5, 5.41) is 2.42. The number of rotatable bonds is 7. The molecule has 2 rings (SSSR count). The van der Waals surface area contributed by atoms with Crippen molar-refractivity contribution >= 4 is 29.8 Å². The summed E-state index contributed by atoms with van der Waals surface area (Å²) >= 11 is 0. The zero-order chi connectivity index (χ0) is 21.2. The molecule has 1 fully saturated rings. The molecule has 0 aliphatic carbocycles. The van der Waals surface area contributed by atoms with E-state index in [9.17, 15) is 19.2 Å². The maximum atomic E-state index is 12.3. The number of carbonyl (C=O) groups excluding carboxylic acids is 4. The Morgan fingerprint density at radius 3 is 2.45 bits per heavy atom. The Balaban J connectivity index is 1.73. The van der Waals surface area contributed by atoms with Crippen LogP contribution in [0.5, 0.6) is 0 Å². The van der Waals surface area contributed by atoms with Crippen molar-refractivity contribution in [2.24, 2.45) is 5.92 Å². The molecule has 1 N–H and O–H groups in total. The number of nitrogens with one attached hydrogen (secondary N) is 1. The molecule has 1 aliphatic heterocycles. The van der Waals surface area contributed by atoms with Crippen molar-refractivity contribution in [1.82, 2.24) is 15.1 Å². The van der Waals surface area contributed by atoms with Crippen molar-refractivity contribution in [2.45, 2.75) is 12.8 Å². The van der Waals surface area contributed by atoms with Crippen molar-refractivity contribution in [1.29, 1.82) is 0 Å². The summed E-state index contributed by atoms with van der Waals surface area (Å²) < 4.78 is 5.10. The Hall–Kier alpha value is -3.16. The highest BCUT2D eigenvalue weighted by Gasteiger charge is 2.28. The maximum Gasteiger partial charge on any atom is 0.309 e. The molecule has 0 spiro atoms. The van der Waals surface area contributed by atoms with E-state index in [1.54, 1.807) is 11.0 Å². The van der Waals surface area contributed by atoms with E-state index in [1.165, 1.54) is 25.1 Å². The van der Waals surface area contributed by atoms with Gasteiger partial charge in [0.05, 0.1) is 12.5 Å². The molecule has 1 aliphatic rings. The topological polar surface area (TPSA) is 96.0 Å². The molecule has 8 heteroatoms. The second-order valence-electron chi connectivity index (χ2n) is 6.87. The fourth-order valence-corrected chi connectivity index (χ4v) is 2.92. The summed E-state index contributed by atoms with van der Waals surface area (Å²) in [5.41, 5.74) is 0.949. The number of hydrogen-bond donors (Lipinski definition) is 1. The monoisotopic (exact) mass is 401 g/mol. The minimum Gasteiger partial charge on any atom is -0.455 e. The van der Waals surface area contributed by atoms with Gasteiger partial charge >= 0.3 is 5.97 Å². The van der Waals surface area contributed by atoms with Crippen LogP contribution in [-0.4, -0.2) is 73.8 Å². The van der Waals surface area contributed by atoms with Crippen LogP contribution in [0.2, 0.25) is 0 Å². The lowest BCUT2D eigenvalue weighted by Crippen LogP contribution is -2.41. The first kappa shape index (κ1) is 22.1. The molecule has 29 heavy (non-hydrogen) atoms. The molecule has 1 aromatic rings. The van der Waals surface area contributed by atoms with Crippen LogP contribution in [0.25, 0.3) is 6.08 Å². The quantitative estimate of drug-likeness (QED) is 0.536. The van der Waals surface area contributed by atoms with Gasteiger partial charge < -0.3 is 19.9 Å². The van der Waals surface area contributed by atoms with Crippen LogP contribution >= 0.6 is 0 Å². The molecule has 8 nitrogen and oxygen atoms in total. The number of amides is 3. The summed E-state index contributed by atoms with van der Waals surface area (Å²) in [5.74, 6) is -1.62. The van der Waals surface area contributed by atoms with Gasteiger partial charge in [-0.15, -0.1) is 0 Å². The van der Waals surface area contributed by atoms with Crippen LogP contribution < -0.4 is 5.32 Å². The lowest BCUT2D eigenvalue weighted by molar-refractivity contribution is -0.157. The number of benzene rings is 1. The molecule has 1 aromatic carbocycles. The van der Waals surface area contributed by atoms with Crippen molar-refractivity contribution in [3.05, 3.63) is 42.0 Å². The third kappa shape index (κ3) is 7.06. The van der Waals surface area contributed by atoms with E-state index in [-0.39, 0.29) is 24.3 Å². The third-order valence-corrected chi connectivity index (χ3v) is 4.78. The van der Waals surface area contributed by atoms with E-state index in [4.69, 9.17) is 4.74 Å². The number of hydrogen-bond acceptors (Lipinski definition) is 5. The summed E-state index contributed by atoms with van der Waals surface area (Å²) in [6.07, 6.45) is 4.29. The Morgan fingerprint density at radius 1 is 1.17 bits per heavy atom. The van der Waals surface area contributed by atoms with Gasteiger partial charge in [-0.05, 0) is 24.5 Å². The highest BCUT2D eigenvalue weighted by atomic mass is 16.5. The molecule has 0 aromatic heterocycles. The van der Waals surface area contributed by atoms with E-state index in [2.05, 4.69) is 5.32 Å². The maximum absolute atomic E-state index is 12.3. The minimum absolute atomic E-state index is 0.0910. The zero-order valence-corrected chi connectivity index (χ0v) is 16.8. The van der Waals surface area contributed by atoms with Crippen LogP contribution in [0.15, 0.2) is 36.4 Å². The van der Waals surface area contributed by atoms with Gasteiger partial charge in [-0.1, -0.05) is 30.3 Å². The van der Waals surface area contributed by atoms with Gasteiger partial charge in [0.25, 0.3) is 5.91 Å². The largest absolute Gasteiger partial charge is 0.455 e. The molecule has 1 heterocycles. The van der Waals surface area contributed by atoms with Gasteiger partial charge in [-0.25, -0.2) is 0 Å². The van der Waals surface area contributed by atoms with Crippen molar-refractivity contribution < 1.29 is 23.9 Å². The van der Waals surface area contributed by atoms with E-state index in [0.29, 0.717) is 25.9 Å². The molecular formula is C21H27N3O5. The Morgan fingerprint density at radius 2 is 1.83 bits per heavy atom. The molecule has 1 saturated heterocycles. The Bertz CT molecular complexity index is 755. The Kier molecular flexibility index (Phi) is 8.39. The number of likely N-dealkylation sites (N-methyl/N-ethyl adjacent to an activating group) is 2. The Labute approximate surface area is 170 Å². The van der Waals surface area contributed by atoms with Gasteiger partial charge in [0.15, 0.2) is 6.61 Å². The van der Waals surface area contributed by atoms with E-state index in [0.717, 1.165) is 5.56 Å². The lowest BCUT2D eigenvalue weighted by Gasteiger charge is -2.30. The summed E-state index contributed by atoms with van der Waals surface area (Å²) in [4.78, 5) is 50.6. The predicted molar refractivity (Wildman–Crippen MR) is 107 cm³/mol. The number of nitrogens with zero attached hydrogens (tertiary/aromatic N) is 2. The summed E-state index contributed by atoms with van der Waals surface area (Å²) in [6.45, 7) is 0.430. The lowest BCUT2D eigenvalue weighted by atomic mass is 9.97. The van der Waals surface area contributed by atoms with Gasteiger partial charge in [-0.3, -0.25) is 19.2 Å². The number of esters is 1. The standard InChI is InChI=1S/C21H27N3O5/c1-22-18(25)14-23(2)20(27)15-29-21(28)17-10-12-24(13-11-17)19(26)9-8-16-6-4-3-5-7-16/h3-9,17H,10-15H2,1-2H3,(H,22,25)/b9-8+. The number of carbonyl (C=O) groups is 4. The normalized spacial score (nSPS) is 14.5. The second-order valence-corrected chi connectivity index (χ2v) is 6.87. The first-order chi connectivity index (χ1) is 13.9. The highest BCUT2D eigenvalue weighted by Crippen LogP contribution is 2.19. The highest BCUT2D eigenvalue weighted by molar-refractivity contribution is 5.92. The summed E-state index contributed by atoms with van der Waals surface area (Å²) in [7, 11) is 2.95.